The molecular formula is C21H16BrCl2NO2. The Morgan fingerprint density at radius 2 is 1.74 bits per heavy atom. The Bertz CT molecular complexity index is 969. The molecule has 27 heavy (non-hydrogen) atoms. The number of Topliss-reactive ketones (excluding diaryl/α,β-unsaturated/α-hetero) is 1. The van der Waals surface area contributed by atoms with Crippen molar-refractivity contribution in [2.75, 3.05) is 4.90 Å². The van der Waals surface area contributed by atoms with Gasteiger partial charge in [0.05, 0.1) is 15.7 Å². The summed E-state index contributed by atoms with van der Waals surface area (Å²) >= 11 is 16.0. The molecule has 138 valence electrons. The van der Waals surface area contributed by atoms with Crippen molar-refractivity contribution >= 4 is 56.5 Å². The summed E-state index contributed by atoms with van der Waals surface area (Å²) in [5.74, 6) is -0.178. The third-order valence-corrected chi connectivity index (χ3v) is 6.46. The summed E-state index contributed by atoms with van der Waals surface area (Å²) < 4.78 is 0.963. The highest BCUT2D eigenvalue weighted by Crippen LogP contribution is 2.45. The van der Waals surface area contributed by atoms with Crippen LogP contribution in [0.3, 0.4) is 0 Å². The number of allylic oxidation sites excluding steroid dienone is 2. The van der Waals surface area contributed by atoms with Crippen LogP contribution in [0.5, 0.6) is 0 Å². The van der Waals surface area contributed by atoms with Gasteiger partial charge in [0, 0.05) is 34.5 Å². The zero-order chi connectivity index (χ0) is 19.1. The van der Waals surface area contributed by atoms with Crippen LogP contribution in [0.2, 0.25) is 10.0 Å². The first-order chi connectivity index (χ1) is 13.0. The number of halogens is 3. The number of benzene rings is 2. The molecule has 0 aromatic heterocycles. The van der Waals surface area contributed by atoms with Gasteiger partial charge in [-0.1, -0.05) is 57.3 Å². The second-order valence-electron chi connectivity index (χ2n) is 6.75. The van der Waals surface area contributed by atoms with Crippen molar-refractivity contribution in [3.05, 3.63) is 73.8 Å². The molecule has 0 spiro atoms. The van der Waals surface area contributed by atoms with Crippen LogP contribution in [0.4, 0.5) is 5.69 Å². The minimum atomic E-state index is -0.220. The summed E-state index contributed by atoms with van der Waals surface area (Å²) in [6.45, 7) is 0. The fraction of sp³-hybridized carbons (Fsp3) is 0.238. The SMILES string of the molecule is O=C1CCCC2=C1C(c1ccc(Br)cc1)CC(=O)N2c1cccc(Cl)c1Cl. The van der Waals surface area contributed by atoms with Crippen molar-refractivity contribution in [2.24, 2.45) is 0 Å². The molecule has 2 aromatic carbocycles. The molecule has 1 atom stereocenters. The molecule has 0 saturated carbocycles. The zero-order valence-corrected chi connectivity index (χ0v) is 17.4. The van der Waals surface area contributed by atoms with Crippen LogP contribution in [-0.2, 0) is 9.59 Å². The van der Waals surface area contributed by atoms with E-state index in [1.54, 1.807) is 23.1 Å². The number of nitrogens with zero attached hydrogens (tertiary/aromatic N) is 1. The Balaban J connectivity index is 1.88. The maximum Gasteiger partial charge on any atom is 0.232 e. The maximum absolute atomic E-state index is 13.1. The quantitative estimate of drug-likeness (QED) is 0.524. The van der Waals surface area contributed by atoms with Gasteiger partial charge in [-0.25, -0.2) is 0 Å². The Morgan fingerprint density at radius 1 is 1.00 bits per heavy atom. The molecule has 4 rings (SSSR count). The highest BCUT2D eigenvalue weighted by Gasteiger charge is 2.40. The van der Waals surface area contributed by atoms with Crippen molar-refractivity contribution < 1.29 is 9.59 Å². The number of hydrogen-bond donors (Lipinski definition) is 0. The van der Waals surface area contributed by atoms with E-state index < -0.39 is 0 Å². The van der Waals surface area contributed by atoms with Gasteiger partial charge in [-0.3, -0.25) is 14.5 Å². The lowest BCUT2D eigenvalue weighted by Crippen LogP contribution is -2.40. The second kappa shape index (κ2) is 7.42. The van der Waals surface area contributed by atoms with Gasteiger partial charge in [0.1, 0.15) is 0 Å². The first-order valence-electron chi connectivity index (χ1n) is 8.76. The molecule has 0 bridgehead atoms. The van der Waals surface area contributed by atoms with Gasteiger partial charge >= 0.3 is 0 Å². The van der Waals surface area contributed by atoms with Gasteiger partial charge in [-0.2, -0.15) is 0 Å². The van der Waals surface area contributed by atoms with Crippen molar-refractivity contribution in [3.8, 4) is 0 Å². The van der Waals surface area contributed by atoms with E-state index in [9.17, 15) is 9.59 Å². The van der Waals surface area contributed by atoms with E-state index in [1.807, 2.05) is 24.3 Å². The first-order valence-corrected chi connectivity index (χ1v) is 10.3. The number of carbonyl (C=O) groups excluding carboxylic acids is 2. The lowest BCUT2D eigenvalue weighted by Gasteiger charge is -2.38. The molecule has 0 fully saturated rings. The highest BCUT2D eigenvalue weighted by atomic mass is 79.9. The van der Waals surface area contributed by atoms with Crippen LogP contribution in [-0.4, -0.2) is 11.7 Å². The van der Waals surface area contributed by atoms with E-state index in [-0.39, 0.29) is 24.0 Å². The van der Waals surface area contributed by atoms with Crippen LogP contribution in [0.1, 0.15) is 37.2 Å². The number of rotatable bonds is 2. The fourth-order valence-electron chi connectivity index (χ4n) is 3.92. The number of anilines is 1. The molecular weight excluding hydrogens is 449 g/mol. The zero-order valence-electron chi connectivity index (χ0n) is 14.3. The largest absolute Gasteiger partial charge is 0.294 e. The molecule has 2 aliphatic rings. The Labute approximate surface area is 176 Å². The van der Waals surface area contributed by atoms with E-state index in [1.165, 1.54) is 0 Å². The molecule has 1 amide bonds. The normalized spacial score (nSPS) is 20.1. The molecule has 1 heterocycles. The highest BCUT2D eigenvalue weighted by molar-refractivity contribution is 9.10. The van der Waals surface area contributed by atoms with Crippen LogP contribution >= 0.6 is 39.1 Å². The van der Waals surface area contributed by atoms with Crippen LogP contribution < -0.4 is 4.90 Å². The summed E-state index contributed by atoms with van der Waals surface area (Å²) in [6, 6.07) is 13.0. The van der Waals surface area contributed by atoms with E-state index >= 15 is 0 Å². The summed E-state index contributed by atoms with van der Waals surface area (Å²) in [7, 11) is 0. The minimum absolute atomic E-state index is 0.0689. The van der Waals surface area contributed by atoms with E-state index in [4.69, 9.17) is 23.2 Å². The Kier molecular flexibility index (Phi) is 5.15. The topological polar surface area (TPSA) is 37.4 Å². The summed E-state index contributed by atoms with van der Waals surface area (Å²) in [4.78, 5) is 27.6. The summed E-state index contributed by atoms with van der Waals surface area (Å²) in [5.41, 5.74) is 3.02. The lowest BCUT2D eigenvalue weighted by molar-refractivity contribution is -0.119. The number of amides is 1. The van der Waals surface area contributed by atoms with Crippen molar-refractivity contribution in [2.45, 2.75) is 31.6 Å². The van der Waals surface area contributed by atoms with Crippen molar-refractivity contribution in [1.29, 1.82) is 0 Å². The third kappa shape index (κ3) is 3.35. The number of carbonyl (C=O) groups is 2. The Hall–Kier alpha value is -1.62. The molecule has 1 aliphatic carbocycles. The predicted molar refractivity (Wildman–Crippen MR) is 111 cm³/mol. The molecule has 0 saturated heterocycles. The average molecular weight is 465 g/mol. The van der Waals surface area contributed by atoms with Crippen molar-refractivity contribution in [1.82, 2.24) is 0 Å². The second-order valence-corrected chi connectivity index (χ2v) is 8.45. The number of ketones is 1. The monoisotopic (exact) mass is 463 g/mol. The molecule has 1 aliphatic heterocycles. The molecule has 1 unspecified atom stereocenters. The van der Waals surface area contributed by atoms with Gasteiger partial charge < -0.3 is 0 Å². The molecule has 0 N–H and O–H groups in total. The van der Waals surface area contributed by atoms with Crippen LogP contribution in [0.25, 0.3) is 0 Å². The predicted octanol–water partition coefficient (Wildman–Crippen LogP) is 6.28. The third-order valence-electron chi connectivity index (χ3n) is 5.12. The first kappa shape index (κ1) is 18.7. The Morgan fingerprint density at radius 3 is 2.48 bits per heavy atom. The summed E-state index contributed by atoms with van der Waals surface area (Å²) in [6.07, 6.45) is 2.14. The van der Waals surface area contributed by atoms with E-state index in [0.29, 0.717) is 28.6 Å². The number of hydrogen-bond acceptors (Lipinski definition) is 2. The van der Waals surface area contributed by atoms with Gasteiger partial charge in [-0.05, 0) is 42.7 Å². The lowest BCUT2D eigenvalue weighted by atomic mass is 9.77. The minimum Gasteiger partial charge on any atom is -0.294 e. The van der Waals surface area contributed by atoms with Crippen LogP contribution in [0, 0.1) is 0 Å². The molecule has 3 nitrogen and oxygen atoms in total. The summed E-state index contributed by atoms with van der Waals surface area (Å²) in [5, 5.41) is 0.723. The molecule has 0 radical (unpaired) electrons. The fourth-order valence-corrected chi connectivity index (χ4v) is 4.56. The van der Waals surface area contributed by atoms with Gasteiger partial charge in [0.25, 0.3) is 0 Å². The van der Waals surface area contributed by atoms with Gasteiger partial charge in [0.2, 0.25) is 5.91 Å². The smallest absolute Gasteiger partial charge is 0.232 e. The molecule has 6 heteroatoms. The van der Waals surface area contributed by atoms with E-state index in [0.717, 1.165) is 27.7 Å². The maximum atomic E-state index is 13.1. The molecule has 2 aromatic rings. The average Bonchev–Trinajstić information content (AvgIpc) is 2.65. The van der Waals surface area contributed by atoms with Crippen molar-refractivity contribution in [3.63, 3.8) is 0 Å². The standard InChI is InChI=1S/C21H16BrCl2NO2/c22-13-9-7-12(8-10-13)14-11-19(27)25(16-4-2-6-18(26)20(14)16)17-5-1-3-15(23)21(17)24/h1,3,5,7-10,14H,2,4,6,11H2. The van der Waals surface area contributed by atoms with E-state index in [2.05, 4.69) is 15.9 Å². The van der Waals surface area contributed by atoms with Crippen LogP contribution in [0.15, 0.2) is 58.2 Å². The van der Waals surface area contributed by atoms with Gasteiger partial charge in [0.15, 0.2) is 5.78 Å². The van der Waals surface area contributed by atoms with Gasteiger partial charge in [-0.15, -0.1) is 0 Å².